The second-order valence-corrected chi connectivity index (χ2v) is 5.32. The van der Waals surface area contributed by atoms with Crippen LogP contribution < -0.4 is 4.74 Å². The van der Waals surface area contributed by atoms with E-state index >= 15 is 0 Å². The third-order valence-corrected chi connectivity index (χ3v) is 3.92. The SMILES string of the molecule is C=CCSc1c(O)cccc1Oc1ccccc1C(=O)OC. The van der Waals surface area contributed by atoms with Crippen LogP contribution in [0, 0.1) is 0 Å². The van der Waals surface area contributed by atoms with Crippen molar-refractivity contribution >= 4 is 17.7 Å². The molecule has 2 rings (SSSR count). The molecule has 0 atom stereocenters. The van der Waals surface area contributed by atoms with Crippen molar-refractivity contribution < 1.29 is 19.4 Å². The number of hydrogen-bond donors (Lipinski definition) is 1. The van der Waals surface area contributed by atoms with Crippen LogP contribution in [0.4, 0.5) is 0 Å². The number of phenolic OH excluding ortho intramolecular Hbond substituents is 1. The molecular formula is C17H16O4S. The van der Waals surface area contributed by atoms with Gasteiger partial charge < -0.3 is 14.6 Å². The number of carbonyl (C=O) groups excluding carboxylic acids is 1. The Kier molecular flexibility index (Phi) is 5.49. The number of benzene rings is 2. The summed E-state index contributed by atoms with van der Waals surface area (Å²) in [5.74, 6) is 1.13. The zero-order valence-electron chi connectivity index (χ0n) is 12.1. The number of para-hydroxylation sites is 1. The van der Waals surface area contributed by atoms with Gasteiger partial charge in [0, 0.05) is 5.75 Å². The van der Waals surface area contributed by atoms with E-state index in [0.717, 1.165) is 0 Å². The van der Waals surface area contributed by atoms with Gasteiger partial charge in [-0.3, -0.25) is 0 Å². The van der Waals surface area contributed by atoms with Crippen molar-refractivity contribution in [1.29, 1.82) is 0 Å². The molecule has 0 heterocycles. The minimum Gasteiger partial charge on any atom is -0.507 e. The van der Waals surface area contributed by atoms with Gasteiger partial charge in [-0.25, -0.2) is 4.79 Å². The van der Waals surface area contributed by atoms with Crippen LogP contribution in [-0.2, 0) is 4.74 Å². The van der Waals surface area contributed by atoms with Crippen LogP contribution in [0.5, 0.6) is 17.2 Å². The topological polar surface area (TPSA) is 55.8 Å². The molecule has 2 aromatic carbocycles. The molecule has 0 saturated carbocycles. The first kappa shape index (κ1) is 16.0. The largest absolute Gasteiger partial charge is 0.507 e. The molecule has 1 N–H and O–H groups in total. The van der Waals surface area contributed by atoms with Gasteiger partial charge in [0.25, 0.3) is 0 Å². The van der Waals surface area contributed by atoms with E-state index in [-0.39, 0.29) is 5.75 Å². The molecule has 22 heavy (non-hydrogen) atoms. The molecule has 0 bridgehead atoms. The molecule has 0 aromatic heterocycles. The molecule has 5 heteroatoms. The molecule has 114 valence electrons. The van der Waals surface area contributed by atoms with Crippen molar-refractivity contribution in [3.05, 3.63) is 60.7 Å². The van der Waals surface area contributed by atoms with Crippen molar-refractivity contribution in [3.8, 4) is 17.2 Å². The molecular weight excluding hydrogens is 300 g/mol. The third-order valence-electron chi connectivity index (χ3n) is 2.82. The predicted octanol–water partition coefficient (Wildman–Crippen LogP) is 4.25. The van der Waals surface area contributed by atoms with Crippen molar-refractivity contribution in [2.24, 2.45) is 0 Å². The first-order chi connectivity index (χ1) is 10.7. The minimum atomic E-state index is -0.476. The molecule has 0 fully saturated rings. The van der Waals surface area contributed by atoms with Gasteiger partial charge in [-0.15, -0.1) is 18.3 Å². The Balaban J connectivity index is 2.37. The zero-order valence-corrected chi connectivity index (χ0v) is 12.9. The summed E-state index contributed by atoms with van der Waals surface area (Å²) in [6.07, 6.45) is 1.74. The highest BCUT2D eigenvalue weighted by molar-refractivity contribution is 7.99. The fourth-order valence-corrected chi connectivity index (χ4v) is 2.58. The molecule has 4 nitrogen and oxygen atoms in total. The summed E-state index contributed by atoms with van der Waals surface area (Å²) >= 11 is 1.40. The predicted molar refractivity (Wildman–Crippen MR) is 86.9 cm³/mol. The maximum atomic E-state index is 11.8. The van der Waals surface area contributed by atoms with Gasteiger partial charge in [-0.2, -0.15) is 0 Å². The van der Waals surface area contributed by atoms with E-state index in [1.165, 1.54) is 18.9 Å². The van der Waals surface area contributed by atoms with Gasteiger partial charge in [0.05, 0.1) is 12.0 Å². The number of esters is 1. The lowest BCUT2D eigenvalue weighted by atomic mass is 10.2. The molecule has 0 saturated heterocycles. The first-order valence-electron chi connectivity index (χ1n) is 6.58. The van der Waals surface area contributed by atoms with Crippen LogP contribution >= 0.6 is 11.8 Å². The Morgan fingerprint density at radius 3 is 2.68 bits per heavy atom. The van der Waals surface area contributed by atoms with Crippen LogP contribution in [-0.4, -0.2) is 23.9 Å². The zero-order chi connectivity index (χ0) is 15.9. The van der Waals surface area contributed by atoms with Crippen LogP contribution in [0.1, 0.15) is 10.4 Å². The summed E-state index contributed by atoms with van der Waals surface area (Å²) in [4.78, 5) is 12.4. The lowest BCUT2D eigenvalue weighted by Gasteiger charge is -2.13. The van der Waals surface area contributed by atoms with Gasteiger partial charge in [-0.1, -0.05) is 24.3 Å². The Morgan fingerprint density at radius 2 is 1.95 bits per heavy atom. The summed E-state index contributed by atoms with van der Waals surface area (Å²) in [5.41, 5.74) is 0.327. The van der Waals surface area contributed by atoms with E-state index in [1.54, 1.807) is 48.5 Å². The summed E-state index contributed by atoms with van der Waals surface area (Å²) in [7, 11) is 1.32. The summed E-state index contributed by atoms with van der Waals surface area (Å²) in [6, 6.07) is 11.8. The summed E-state index contributed by atoms with van der Waals surface area (Å²) in [5, 5.41) is 9.99. The van der Waals surface area contributed by atoms with Crippen molar-refractivity contribution in [2.45, 2.75) is 4.90 Å². The molecule has 0 aliphatic heterocycles. The highest BCUT2D eigenvalue weighted by Crippen LogP contribution is 2.39. The lowest BCUT2D eigenvalue weighted by Crippen LogP contribution is -2.03. The maximum absolute atomic E-state index is 11.8. The second-order valence-electron chi connectivity index (χ2n) is 4.29. The number of rotatable bonds is 6. The fraction of sp³-hybridized carbons (Fsp3) is 0.118. The number of hydrogen-bond acceptors (Lipinski definition) is 5. The first-order valence-corrected chi connectivity index (χ1v) is 7.56. The van der Waals surface area contributed by atoms with Crippen molar-refractivity contribution in [3.63, 3.8) is 0 Å². The van der Waals surface area contributed by atoms with Crippen LogP contribution in [0.3, 0.4) is 0 Å². The molecule has 0 aliphatic rings. The second kappa shape index (κ2) is 7.56. The number of phenols is 1. The van der Waals surface area contributed by atoms with E-state index < -0.39 is 5.97 Å². The van der Waals surface area contributed by atoms with Crippen LogP contribution in [0.2, 0.25) is 0 Å². The normalized spacial score (nSPS) is 10.0. The Hall–Kier alpha value is -2.40. The molecule has 2 aromatic rings. The van der Waals surface area contributed by atoms with E-state index in [1.807, 2.05) is 0 Å². The third kappa shape index (κ3) is 3.62. The van der Waals surface area contributed by atoms with Gasteiger partial charge in [0.1, 0.15) is 22.8 Å². The summed E-state index contributed by atoms with van der Waals surface area (Å²) in [6.45, 7) is 3.66. The monoisotopic (exact) mass is 316 g/mol. The minimum absolute atomic E-state index is 0.125. The van der Waals surface area contributed by atoms with Crippen molar-refractivity contribution in [1.82, 2.24) is 0 Å². The van der Waals surface area contributed by atoms with Crippen molar-refractivity contribution in [2.75, 3.05) is 12.9 Å². The quantitative estimate of drug-likeness (QED) is 0.490. The number of ether oxygens (including phenoxy) is 2. The number of carbonyl (C=O) groups is 1. The average Bonchev–Trinajstić information content (AvgIpc) is 2.54. The number of thioether (sulfide) groups is 1. The van der Waals surface area contributed by atoms with Gasteiger partial charge >= 0.3 is 5.97 Å². The van der Waals surface area contributed by atoms with E-state index in [4.69, 9.17) is 9.47 Å². The van der Waals surface area contributed by atoms with Gasteiger partial charge in [0.2, 0.25) is 0 Å². The Morgan fingerprint density at radius 1 is 1.23 bits per heavy atom. The molecule has 0 spiro atoms. The highest BCUT2D eigenvalue weighted by Gasteiger charge is 2.16. The molecule has 0 radical (unpaired) electrons. The number of aromatic hydroxyl groups is 1. The fourth-order valence-electron chi connectivity index (χ4n) is 1.82. The summed E-state index contributed by atoms with van der Waals surface area (Å²) < 4.78 is 10.6. The van der Waals surface area contributed by atoms with E-state index in [9.17, 15) is 9.90 Å². The standard InChI is InChI=1S/C17H16O4S/c1-3-11-22-16-13(18)8-6-10-15(16)21-14-9-5-4-7-12(14)17(19)20-2/h3-10,18H,1,11H2,2H3. The highest BCUT2D eigenvalue weighted by atomic mass is 32.2. The van der Waals surface area contributed by atoms with Gasteiger partial charge in [0.15, 0.2) is 0 Å². The van der Waals surface area contributed by atoms with Crippen LogP contribution in [0.15, 0.2) is 60.0 Å². The van der Waals surface area contributed by atoms with E-state index in [2.05, 4.69) is 6.58 Å². The van der Waals surface area contributed by atoms with E-state index in [0.29, 0.717) is 27.7 Å². The molecule has 0 unspecified atom stereocenters. The number of methoxy groups -OCH3 is 1. The lowest BCUT2D eigenvalue weighted by molar-refractivity contribution is 0.0598. The average molecular weight is 316 g/mol. The van der Waals surface area contributed by atoms with Crippen LogP contribution in [0.25, 0.3) is 0 Å². The Bertz CT molecular complexity index is 682. The van der Waals surface area contributed by atoms with Gasteiger partial charge in [-0.05, 0) is 24.3 Å². The Labute approximate surface area is 133 Å². The molecule has 0 aliphatic carbocycles. The maximum Gasteiger partial charge on any atom is 0.341 e. The smallest absolute Gasteiger partial charge is 0.341 e. The molecule has 0 amide bonds.